The van der Waals surface area contributed by atoms with Crippen molar-refractivity contribution in [2.45, 2.75) is 50.0 Å². The molecule has 0 spiro atoms. The summed E-state index contributed by atoms with van der Waals surface area (Å²) in [7, 11) is 0. The lowest BCUT2D eigenvalue weighted by atomic mass is 9.84. The van der Waals surface area contributed by atoms with Crippen LogP contribution in [-0.2, 0) is 14.3 Å². The Bertz CT molecular complexity index is 420. The topological polar surface area (TPSA) is 137 Å². The monoisotopic (exact) mass is 318 g/mol. The van der Waals surface area contributed by atoms with Crippen molar-refractivity contribution >= 4 is 5.97 Å². The third kappa shape index (κ3) is 3.95. The fraction of sp³-hybridized carbons (Fsp3) is 0.786. The molecule has 0 bridgehead atoms. The molecule has 1 aliphatic rings. The lowest BCUT2D eigenvalue weighted by Gasteiger charge is -2.45. The lowest BCUT2D eigenvalue weighted by molar-refractivity contribution is -0.317. The van der Waals surface area contributed by atoms with E-state index >= 15 is 0 Å². The van der Waals surface area contributed by atoms with Crippen molar-refractivity contribution in [1.29, 1.82) is 0 Å². The summed E-state index contributed by atoms with van der Waals surface area (Å²) in [5.41, 5.74) is 0. The van der Waals surface area contributed by atoms with Gasteiger partial charge in [0, 0.05) is 18.8 Å². The summed E-state index contributed by atoms with van der Waals surface area (Å²) in [6.07, 6.45) is -0.592. The van der Waals surface area contributed by atoms with Gasteiger partial charge in [-0.2, -0.15) is 0 Å². The average Bonchev–Trinajstić information content (AvgIpc) is 2.49. The van der Waals surface area contributed by atoms with Crippen molar-refractivity contribution < 1.29 is 39.8 Å². The van der Waals surface area contributed by atoms with Crippen molar-refractivity contribution in [3.8, 4) is 12.3 Å². The lowest BCUT2D eigenvalue weighted by Crippen LogP contribution is -2.61. The molecule has 5 N–H and O–H groups in total. The van der Waals surface area contributed by atoms with Gasteiger partial charge in [-0.15, -0.1) is 12.3 Å². The van der Waals surface area contributed by atoms with E-state index in [1.807, 2.05) is 0 Å². The van der Waals surface area contributed by atoms with Gasteiger partial charge in [0.25, 0.3) is 5.79 Å². The second-order valence-corrected chi connectivity index (χ2v) is 5.31. The normalized spacial score (nSPS) is 34.6. The highest BCUT2D eigenvalue weighted by atomic mass is 16.7. The van der Waals surface area contributed by atoms with E-state index in [9.17, 15) is 25.2 Å². The largest absolute Gasteiger partial charge is 0.477 e. The number of carbonyl (C=O) groups is 1. The minimum atomic E-state index is -2.16. The van der Waals surface area contributed by atoms with Gasteiger partial charge >= 0.3 is 5.97 Å². The first kappa shape index (κ1) is 18.8. The number of hydrogen-bond donors (Lipinski definition) is 5. The van der Waals surface area contributed by atoms with Crippen LogP contribution in [0.3, 0.4) is 0 Å². The second kappa shape index (κ2) is 7.87. The molecule has 1 saturated heterocycles. The van der Waals surface area contributed by atoms with Gasteiger partial charge in [0.1, 0.15) is 12.2 Å². The maximum absolute atomic E-state index is 11.5. The third-order valence-corrected chi connectivity index (χ3v) is 3.75. The zero-order chi connectivity index (χ0) is 16.9. The Morgan fingerprint density at radius 2 is 2.18 bits per heavy atom. The molecule has 1 aliphatic heterocycles. The van der Waals surface area contributed by atoms with Crippen molar-refractivity contribution in [2.75, 3.05) is 13.2 Å². The zero-order valence-corrected chi connectivity index (χ0v) is 12.3. The van der Waals surface area contributed by atoms with E-state index in [-0.39, 0.29) is 19.4 Å². The average molecular weight is 318 g/mol. The third-order valence-electron chi connectivity index (χ3n) is 3.75. The fourth-order valence-corrected chi connectivity index (χ4v) is 2.33. The van der Waals surface area contributed by atoms with Crippen LogP contribution in [0.15, 0.2) is 0 Å². The molecule has 0 aromatic rings. The summed E-state index contributed by atoms with van der Waals surface area (Å²) in [5.74, 6) is -2.01. The summed E-state index contributed by atoms with van der Waals surface area (Å²) >= 11 is 0. The number of carboxylic acid groups (broad SMARTS) is 1. The molecule has 8 heteroatoms. The smallest absolute Gasteiger partial charge is 0.364 e. The Labute approximate surface area is 128 Å². The van der Waals surface area contributed by atoms with Gasteiger partial charge in [-0.25, -0.2) is 4.79 Å². The highest BCUT2D eigenvalue weighted by Crippen LogP contribution is 2.36. The maximum atomic E-state index is 11.5. The molecule has 8 nitrogen and oxygen atoms in total. The van der Waals surface area contributed by atoms with E-state index in [0.29, 0.717) is 0 Å². The number of carboxylic acids is 1. The molecular weight excluding hydrogens is 296 g/mol. The second-order valence-electron chi connectivity index (χ2n) is 5.31. The maximum Gasteiger partial charge on any atom is 0.364 e. The van der Waals surface area contributed by atoms with Gasteiger partial charge in [0.05, 0.1) is 25.4 Å². The number of ether oxygens (including phenoxy) is 2. The van der Waals surface area contributed by atoms with Crippen LogP contribution in [0.5, 0.6) is 0 Å². The van der Waals surface area contributed by atoms with E-state index in [1.165, 1.54) is 6.92 Å². The molecule has 0 radical (unpaired) electrons. The first-order valence-corrected chi connectivity index (χ1v) is 6.92. The molecule has 0 aliphatic carbocycles. The quantitative estimate of drug-likeness (QED) is 0.277. The molecule has 1 heterocycles. The highest BCUT2D eigenvalue weighted by Gasteiger charge is 2.54. The Morgan fingerprint density at radius 1 is 1.55 bits per heavy atom. The summed E-state index contributed by atoms with van der Waals surface area (Å²) in [4.78, 5) is 11.5. The minimum absolute atomic E-state index is 0.102. The van der Waals surface area contributed by atoms with Crippen LogP contribution in [0.4, 0.5) is 0 Å². The predicted octanol–water partition coefficient (Wildman–Crippen LogP) is -1.69. The molecule has 0 aromatic carbocycles. The van der Waals surface area contributed by atoms with E-state index in [1.54, 1.807) is 0 Å². The van der Waals surface area contributed by atoms with Crippen LogP contribution < -0.4 is 0 Å². The Balaban J connectivity index is 2.99. The van der Waals surface area contributed by atoms with Gasteiger partial charge < -0.3 is 35.0 Å². The van der Waals surface area contributed by atoms with Crippen molar-refractivity contribution in [1.82, 2.24) is 0 Å². The van der Waals surface area contributed by atoms with Crippen LogP contribution >= 0.6 is 0 Å². The number of aliphatic hydroxyl groups excluding tert-OH is 4. The fourth-order valence-electron chi connectivity index (χ4n) is 2.33. The molecule has 1 fully saturated rings. The summed E-state index contributed by atoms with van der Waals surface area (Å²) < 4.78 is 10.6. The number of aliphatic carboxylic acids is 1. The summed E-state index contributed by atoms with van der Waals surface area (Å²) in [6, 6.07) is 0. The van der Waals surface area contributed by atoms with Gasteiger partial charge in [0.15, 0.2) is 0 Å². The molecule has 1 rings (SSSR count). The van der Waals surface area contributed by atoms with Crippen LogP contribution in [-0.4, -0.2) is 74.9 Å². The number of rotatable bonds is 7. The van der Waals surface area contributed by atoms with Crippen molar-refractivity contribution in [3.05, 3.63) is 0 Å². The molecule has 0 saturated carbocycles. The van der Waals surface area contributed by atoms with E-state index in [4.69, 9.17) is 21.0 Å². The number of aliphatic hydroxyl groups is 4. The standard InChI is InChI=1S/C14H22O8/c1-3-4-5-21-14(13(19)20)6-9(16)8(2)12(22-14)11(18)10(17)7-15/h1,8-12,15-18H,4-7H2,2H3,(H,19,20)/t8?,9?,10-,11-,12?,14?/m1/s1. The van der Waals surface area contributed by atoms with Crippen molar-refractivity contribution in [3.63, 3.8) is 0 Å². The van der Waals surface area contributed by atoms with Crippen molar-refractivity contribution in [2.24, 2.45) is 5.92 Å². The van der Waals surface area contributed by atoms with Crippen LogP contribution in [0.1, 0.15) is 19.8 Å². The Morgan fingerprint density at radius 3 is 2.68 bits per heavy atom. The van der Waals surface area contributed by atoms with E-state index < -0.39 is 48.7 Å². The molecule has 0 aromatic heterocycles. The van der Waals surface area contributed by atoms with Crippen LogP contribution in [0.2, 0.25) is 0 Å². The van der Waals surface area contributed by atoms with Gasteiger partial charge in [-0.1, -0.05) is 6.92 Å². The van der Waals surface area contributed by atoms with Crippen LogP contribution in [0.25, 0.3) is 0 Å². The zero-order valence-electron chi connectivity index (χ0n) is 12.3. The van der Waals surface area contributed by atoms with E-state index in [2.05, 4.69) is 5.92 Å². The van der Waals surface area contributed by atoms with Gasteiger partial charge in [0.2, 0.25) is 0 Å². The number of terminal acetylenes is 1. The molecule has 6 atom stereocenters. The minimum Gasteiger partial charge on any atom is -0.477 e. The number of hydrogen-bond acceptors (Lipinski definition) is 7. The van der Waals surface area contributed by atoms with Gasteiger partial charge in [-0.05, 0) is 0 Å². The molecule has 126 valence electrons. The summed E-state index contributed by atoms with van der Waals surface area (Å²) in [5, 5.41) is 47.9. The molecule has 0 amide bonds. The molecule has 22 heavy (non-hydrogen) atoms. The first-order valence-electron chi connectivity index (χ1n) is 6.92. The Kier molecular flexibility index (Phi) is 6.74. The van der Waals surface area contributed by atoms with Gasteiger partial charge in [-0.3, -0.25) is 0 Å². The Hall–Kier alpha value is -1.21. The predicted molar refractivity (Wildman–Crippen MR) is 73.5 cm³/mol. The molecular formula is C14H22O8. The van der Waals surface area contributed by atoms with Crippen LogP contribution in [0, 0.1) is 18.3 Å². The molecule has 4 unspecified atom stereocenters. The summed E-state index contributed by atoms with van der Waals surface area (Å²) in [6.45, 7) is 0.701. The van der Waals surface area contributed by atoms with E-state index in [0.717, 1.165) is 0 Å². The first-order chi connectivity index (χ1) is 10.3. The SMILES string of the molecule is C#CCCOC1(C(=O)O)CC(O)C(C)C([C@H](O)[C@H](O)CO)O1. The highest BCUT2D eigenvalue weighted by molar-refractivity contribution is 5.76.